The maximum Gasteiger partial charge on any atom is 0.233 e. The van der Waals surface area contributed by atoms with E-state index in [1.54, 1.807) is 7.05 Å². The molecule has 3 aliphatic rings. The fourth-order valence-electron chi connectivity index (χ4n) is 3.87. The van der Waals surface area contributed by atoms with Gasteiger partial charge in [0.2, 0.25) is 11.8 Å². The summed E-state index contributed by atoms with van der Waals surface area (Å²) < 4.78 is 0.821. The predicted octanol–water partition coefficient (Wildman–Crippen LogP) is 0.867. The Balaban J connectivity index is 1.53. The van der Waals surface area contributed by atoms with E-state index in [4.69, 9.17) is 0 Å². The van der Waals surface area contributed by atoms with Crippen molar-refractivity contribution in [1.29, 1.82) is 0 Å². The highest BCUT2D eigenvalue weighted by Crippen LogP contribution is 2.52. The van der Waals surface area contributed by atoms with Gasteiger partial charge in [-0.05, 0) is 18.3 Å². The first-order valence-corrected chi connectivity index (χ1v) is 8.63. The van der Waals surface area contributed by atoms with Crippen LogP contribution in [0.3, 0.4) is 0 Å². The minimum atomic E-state index is -0.119. The van der Waals surface area contributed by atoms with Crippen LogP contribution in [0.15, 0.2) is 28.2 Å². The first kappa shape index (κ1) is 16.2. The fourth-order valence-corrected chi connectivity index (χ4v) is 4.01. The van der Waals surface area contributed by atoms with E-state index in [1.807, 2.05) is 0 Å². The zero-order valence-electron chi connectivity index (χ0n) is 13.1. The molecule has 2 amide bonds. The van der Waals surface area contributed by atoms with E-state index < -0.39 is 0 Å². The number of carbonyl (C=O) groups excluding carboxylic acids is 2. The van der Waals surface area contributed by atoms with Gasteiger partial charge in [-0.2, -0.15) is 0 Å². The summed E-state index contributed by atoms with van der Waals surface area (Å²) in [6, 6.07) is 0. The third kappa shape index (κ3) is 2.94. The van der Waals surface area contributed by atoms with Crippen LogP contribution in [0.25, 0.3) is 0 Å². The molecular formula is C16H21BrN4O2. The lowest BCUT2D eigenvalue weighted by Crippen LogP contribution is -2.43. The minimum Gasteiger partial charge on any atom is -0.355 e. The Morgan fingerprint density at radius 2 is 1.91 bits per heavy atom. The summed E-state index contributed by atoms with van der Waals surface area (Å²) >= 11 is 3.27. The van der Waals surface area contributed by atoms with Crippen LogP contribution in [0.4, 0.5) is 0 Å². The number of guanidine groups is 1. The highest BCUT2D eigenvalue weighted by molar-refractivity contribution is 9.11. The van der Waals surface area contributed by atoms with Crippen molar-refractivity contribution >= 4 is 33.7 Å². The van der Waals surface area contributed by atoms with Crippen LogP contribution in [0, 0.1) is 23.7 Å². The van der Waals surface area contributed by atoms with Crippen molar-refractivity contribution in [3.05, 3.63) is 23.2 Å². The van der Waals surface area contributed by atoms with E-state index in [1.165, 1.54) is 4.90 Å². The van der Waals surface area contributed by atoms with Crippen LogP contribution >= 0.6 is 15.9 Å². The van der Waals surface area contributed by atoms with Gasteiger partial charge in [0.25, 0.3) is 0 Å². The molecule has 0 aromatic heterocycles. The van der Waals surface area contributed by atoms with Crippen LogP contribution in [0.5, 0.6) is 0 Å². The summed E-state index contributed by atoms with van der Waals surface area (Å²) in [5.74, 6) is 0.897. The van der Waals surface area contributed by atoms with Crippen molar-refractivity contribution in [2.45, 2.75) is 6.42 Å². The van der Waals surface area contributed by atoms with Crippen LogP contribution in [-0.2, 0) is 9.59 Å². The normalized spacial score (nSPS) is 31.7. The van der Waals surface area contributed by atoms with Gasteiger partial charge in [0.05, 0.1) is 11.8 Å². The number of allylic oxidation sites excluding steroid dienone is 2. The maximum absolute atomic E-state index is 12.5. The fraction of sp³-hybridized carbons (Fsp3) is 0.562. The van der Waals surface area contributed by atoms with Gasteiger partial charge < -0.3 is 10.6 Å². The van der Waals surface area contributed by atoms with Crippen LogP contribution in [0.1, 0.15) is 6.42 Å². The molecule has 0 aromatic carbocycles. The number of likely N-dealkylation sites (tertiary alicyclic amines) is 1. The highest BCUT2D eigenvalue weighted by Gasteiger charge is 2.58. The molecule has 1 heterocycles. The molecule has 2 N–H and O–H groups in total. The molecule has 4 unspecified atom stereocenters. The van der Waals surface area contributed by atoms with E-state index in [9.17, 15) is 9.59 Å². The van der Waals surface area contributed by atoms with E-state index in [-0.39, 0.29) is 35.5 Å². The van der Waals surface area contributed by atoms with Crippen LogP contribution in [-0.4, -0.2) is 49.4 Å². The van der Waals surface area contributed by atoms with E-state index in [0.717, 1.165) is 10.9 Å². The van der Waals surface area contributed by atoms with Crippen molar-refractivity contribution in [2.75, 3.05) is 26.7 Å². The number of nitrogens with zero attached hydrogens (tertiary/aromatic N) is 2. The van der Waals surface area contributed by atoms with Crippen molar-refractivity contribution in [3.63, 3.8) is 0 Å². The Morgan fingerprint density at radius 1 is 1.30 bits per heavy atom. The molecule has 124 valence electrons. The first-order valence-electron chi connectivity index (χ1n) is 7.84. The molecule has 1 aliphatic heterocycles. The number of imide groups is 1. The molecule has 23 heavy (non-hydrogen) atoms. The Kier molecular flexibility index (Phi) is 4.57. The average Bonchev–Trinajstić information content (AvgIpc) is 3.19. The van der Waals surface area contributed by atoms with Gasteiger partial charge in [-0.3, -0.25) is 19.5 Å². The summed E-state index contributed by atoms with van der Waals surface area (Å²) in [4.78, 5) is 30.6. The van der Waals surface area contributed by atoms with Gasteiger partial charge in [-0.1, -0.05) is 34.7 Å². The van der Waals surface area contributed by atoms with E-state index in [0.29, 0.717) is 25.6 Å². The number of hydrogen-bond donors (Lipinski definition) is 2. The number of aliphatic imine (C=N–C) groups is 1. The minimum absolute atomic E-state index is 0.00423. The number of amides is 2. The van der Waals surface area contributed by atoms with E-state index >= 15 is 0 Å². The molecular weight excluding hydrogens is 360 g/mol. The van der Waals surface area contributed by atoms with Gasteiger partial charge >= 0.3 is 0 Å². The number of fused-ring (bicyclic) bond motifs is 5. The molecule has 2 fully saturated rings. The Labute approximate surface area is 144 Å². The Bertz CT molecular complexity index is 571. The summed E-state index contributed by atoms with van der Waals surface area (Å²) in [6.07, 6.45) is 5.18. The van der Waals surface area contributed by atoms with Gasteiger partial charge in [0.1, 0.15) is 0 Å². The molecule has 0 aromatic rings. The molecule has 2 aliphatic carbocycles. The first-order chi connectivity index (χ1) is 11.0. The van der Waals surface area contributed by atoms with E-state index in [2.05, 4.69) is 50.3 Å². The second kappa shape index (κ2) is 6.47. The molecule has 1 saturated carbocycles. The van der Waals surface area contributed by atoms with Crippen LogP contribution < -0.4 is 10.6 Å². The van der Waals surface area contributed by atoms with Gasteiger partial charge in [0, 0.05) is 31.2 Å². The molecule has 0 radical (unpaired) electrons. The van der Waals surface area contributed by atoms with Crippen molar-refractivity contribution in [2.24, 2.45) is 28.7 Å². The zero-order chi connectivity index (χ0) is 16.6. The lowest BCUT2D eigenvalue weighted by molar-refractivity contribution is -0.140. The monoisotopic (exact) mass is 380 g/mol. The van der Waals surface area contributed by atoms with Gasteiger partial charge in [-0.15, -0.1) is 0 Å². The Morgan fingerprint density at radius 3 is 2.43 bits per heavy atom. The second-order valence-corrected chi connectivity index (χ2v) is 7.32. The molecule has 6 nitrogen and oxygen atoms in total. The largest absolute Gasteiger partial charge is 0.355 e. The highest BCUT2D eigenvalue weighted by atomic mass is 79.9. The summed E-state index contributed by atoms with van der Waals surface area (Å²) in [5, 5.41) is 6.19. The summed E-state index contributed by atoms with van der Waals surface area (Å²) in [7, 11) is 1.67. The quantitative estimate of drug-likeness (QED) is 0.321. The molecule has 1 saturated heterocycles. The molecule has 7 heteroatoms. The third-order valence-corrected chi connectivity index (χ3v) is 5.14. The third-order valence-electron chi connectivity index (χ3n) is 4.86. The number of rotatable bonds is 5. The molecule has 3 rings (SSSR count). The Hall–Kier alpha value is -1.63. The number of carbonyl (C=O) groups is 2. The second-order valence-electron chi connectivity index (χ2n) is 6.20. The van der Waals surface area contributed by atoms with Gasteiger partial charge in [0.15, 0.2) is 5.96 Å². The van der Waals surface area contributed by atoms with Crippen molar-refractivity contribution in [3.8, 4) is 0 Å². The molecule has 4 atom stereocenters. The van der Waals surface area contributed by atoms with Crippen molar-refractivity contribution < 1.29 is 9.59 Å². The number of halogens is 1. The number of nitrogens with one attached hydrogen (secondary N) is 2. The van der Waals surface area contributed by atoms with Gasteiger partial charge in [-0.25, -0.2) is 0 Å². The number of hydrogen-bond acceptors (Lipinski definition) is 3. The topological polar surface area (TPSA) is 73.8 Å². The standard InChI is InChI=1S/C16H21BrN4O2/c1-9(17)8-20-16(18-2)19-5-6-21-14(22)12-10-3-4-11(7-10)13(12)15(21)23/h3-4,10-13H,1,5-8H2,2H3,(H2,18,19,20). The smallest absolute Gasteiger partial charge is 0.233 e. The molecule has 0 spiro atoms. The zero-order valence-corrected chi connectivity index (χ0v) is 14.7. The van der Waals surface area contributed by atoms with Crippen molar-refractivity contribution in [1.82, 2.24) is 15.5 Å². The lowest BCUT2D eigenvalue weighted by atomic mass is 9.85. The summed E-state index contributed by atoms with van der Waals surface area (Å²) in [6.45, 7) is 5.16. The molecule has 2 bridgehead atoms. The predicted molar refractivity (Wildman–Crippen MR) is 91.9 cm³/mol. The maximum atomic E-state index is 12.5. The average molecular weight is 381 g/mol. The summed E-state index contributed by atoms with van der Waals surface area (Å²) in [5.41, 5.74) is 0. The lowest BCUT2D eigenvalue weighted by Gasteiger charge is -2.18. The van der Waals surface area contributed by atoms with Crippen LogP contribution in [0.2, 0.25) is 0 Å². The SMILES string of the molecule is C=C(Br)CNC(=NC)NCCN1C(=O)C2C3C=CC(C3)C2C1=O.